The Bertz CT molecular complexity index is 1390. The number of hydrogen-bond acceptors (Lipinski definition) is 6. The monoisotopic (exact) mass is 493 g/mol. The molecular formula is C24H23N5O3S2. The van der Waals surface area contributed by atoms with E-state index in [1.165, 1.54) is 16.1 Å². The molecule has 0 aliphatic carbocycles. The summed E-state index contributed by atoms with van der Waals surface area (Å²) in [7, 11) is -3.56. The molecule has 1 aliphatic heterocycles. The number of thioether (sulfide) groups is 1. The van der Waals surface area contributed by atoms with E-state index >= 15 is 0 Å². The Labute approximate surface area is 202 Å². The number of Topliss-reactive ketones (excluding diaryl/α,β-unsaturated/α-hetero) is 1. The molecule has 174 valence electrons. The maximum absolute atomic E-state index is 13.1. The van der Waals surface area contributed by atoms with Crippen molar-refractivity contribution in [1.29, 1.82) is 0 Å². The number of ketones is 1. The SMILES string of the molecule is O=C(CSc1nnc(-c2cccc(S(=O)(=O)N3CCCC3)c2)n1-c1ccccc1)c1ccc[nH]1. The molecule has 0 radical (unpaired) electrons. The molecule has 2 aromatic carbocycles. The van der Waals surface area contributed by atoms with Gasteiger partial charge in [0.2, 0.25) is 10.0 Å². The van der Waals surface area contributed by atoms with Crippen molar-refractivity contribution in [1.82, 2.24) is 24.1 Å². The molecule has 1 N–H and O–H groups in total. The summed E-state index contributed by atoms with van der Waals surface area (Å²) in [5, 5.41) is 9.28. The lowest BCUT2D eigenvalue weighted by atomic mass is 10.2. The number of nitrogens with zero attached hydrogens (tertiary/aromatic N) is 4. The Kier molecular flexibility index (Phi) is 6.36. The van der Waals surface area contributed by atoms with E-state index in [4.69, 9.17) is 0 Å². The first kappa shape index (κ1) is 22.6. The van der Waals surface area contributed by atoms with Crippen LogP contribution in [-0.4, -0.2) is 57.1 Å². The summed E-state index contributed by atoms with van der Waals surface area (Å²) in [6.07, 6.45) is 3.47. The molecule has 0 spiro atoms. The number of para-hydroxylation sites is 1. The highest BCUT2D eigenvalue weighted by atomic mass is 32.2. The summed E-state index contributed by atoms with van der Waals surface area (Å²) < 4.78 is 29.6. The number of aromatic nitrogens is 4. The number of H-pyrrole nitrogens is 1. The third-order valence-corrected chi connectivity index (χ3v) is 8.50. The average Bonchev–Trinajstić information content (AvgIpc) is 3.65. The molecule has 0 unspecified atom stereocenters. The number of hydrogen-bond donors (Lipinski definition) is 1. The molecule has 1 saturated heterocycles. The maximum atomic E-state index is 13.1. The number of nitrogens with one attached hydrogen (secondary N) is 1. The number of rotatable bonds is 8. The lowest BCUT2D eigenvalue weighted by molar-refractivity contribution is 0.101. The Balaban J connectivity index is 1.51. The van der Waals surface area contributed by atoms with Gasteiger partial charge in [-0.25, -0.2) is 8.42 Å². The first-order valence-electron chi connectivity index (χ1n) is 10.9. The van der Waals surface area contributed by atoms with Gasteiger partial charge in [-0.3, -0.25) is 9.36 Å². The molecule has 0 bridgehead atoms. The molecule has 4 aromatic rings. The van der Waals surface area contributed by atoms with Crippen molar-refractivity contribution < 1.29 is 13.2 Å². The van der Waals surface area contributed by atoms with E-state index in [9.17, 15) is 13.2 Å². The minimum absolute atomic E-state index is 0.0436. The lowest BCUT2D eigenvalue weighted by Gasteiger charge is -2.16. The Hall–Kier alpha value is -3.21. The zero-order valence-corrected chi connectivity index (χ0v) is 19.9. The largest absolute Gasteiger partial charge is 0.359 e. The van der Waals surface area contributed by atoms with Gasteiger partial charge < -0.3 is 4.98 Å². The van der Waals surface area contributed by atoms with Gasteiger partial charge in [-0.05, 0) is 49.2 Å². The van der Waals surface area contributed by atoms with E-state index in [0.29, 0.717) is 35.3 Å². The highest BCUT2D eigenvalue weighted by molar-refractivity contribution is 7.99. The topological polar surface area (TPSA) is 101 Å². The zero-order chi connectivity index (χ0) is 23.5. The van der Waals surface area contributed by atoms with Crippen LogP contribution < -0.4 is 0 Å². The van der Waals surface area contributed by atoms with Crippen LogP contribution in [0.3, 0.4) is 0 Å². The smallest absolute Gasteiger partial charge is 0.243 e. The van der Waals surface area contributed by atoms with E-state index in [2.05, 4.69) is 15.2 Å². The summed E-state index contributed by atoms with van der Waals surface area (Å²) in [6.45, 7) is 1.09. The van der Waals surface area contributed by atoms with Gasteiger partial charge in [-0.2, -0.15) is 4.31 Å². The number of carbonyl (C=O) groups is 1. The average molecular weight is 494 g/mol. The fraction of sp³-hybridized carbons (Fsp3) is 0.208. The maximum Gasteiger partial charge on any atom is 0.243 e. The van der Waals surface area contributed by atoms with Gasteiger partial charge in [0, 0.05) is 30.5 Å². The number of benzene rings is 2. The van der Waals surface area contributed by atoms with E-state index in [-0.39, 0.29) is 16.4 Å². The van der Waals surface area contributed by atoms with Gasteiger partial charge in [0.25, 0.3) is 0 Å². The minimum Gasteiger partial charge on any atom is -0.359 e. The van der Waals surface area contributed by atoms with Crippen molar-refractivity contribution in [2.45, 2.75) is 22.9 Å². The predicted molar refractivity (Wildman–Crippen MR) is 131 cm³/mol. The van der Waals surface area contributed by atoms with Gasteiger partial charge >= 0.3 is 0 Å². The van der Waals surface area contributed by atoms with Crippen molar-refractivity contribution in [3.63, 3.8) is 0 Å². The standard InChI is InChI=1S/C24H23N5O3S2/c30-22(21-12-7-13-25-21)17-33-24-27-26-23(29(24)19-9-2-1-3-10-19)18-8-6-11-20(16-18)34(31,32)28-14-4-5-15-28/h1-3,6-13,16,25H,4-5,14-15,17H2. The van der Waals surface area contributed by atoms with Crippen LogP contribution >= 0.6 is 11.8 Å². The third-order valence-electron chi connectivity index (χ3n) is 5.67. The first-order valence-corrected chi connectivity index (χ1v) is 13.4. The molecule has 2 aromatic heterocycles. The summed E-state index contributed by atoms with van der Waals surface area (Å²) in [5.74, 6) is 0.659. The van der Waals surface area contributed by atoms with Gasteiger partial charge in [0.15, 0.2) is 16.8 Å². The molecule has 1 aliphatic rings. The van der Waals surface area contributed by atoms with Crippen LogP contribution in [0.2, 0.25) is 0 Å². The molecule has 0 amide bonds. The number of sulfonamides is 1. The van der Waals surface area contributed by atoms with Crippen LogP contribution in [0.1, 0.15) is 23.3 Å². The van der Waals surface area contributed by atoms with Crippen LogP contribution in [0.15, 0.2) is 83.0 Å². The van der Waals surface area contributed by atoms with Crippen molar-refractivity contribution >= 4 is 27.6 Å². The number of aromatic amines is 1. The Morgan fingerprint density at radius 3 is 2.50 bits per heavy atom. The van der Waals surface area contributed by atoms with Gasteiger partial charge in [-0.15, -0.1) is 10.2 Å². The zero-order valence-electron chi connectivity index (χ0n) is 18.3. The molecule has 0 atom stereocenters. The molecule has 8 nitrogen and oxygen atoms in total. The highest BCUT2D eigenvalue weighted by Crippen LogP contribution is 2.30. The molecule has 10 heteroatoms. The number of carbonyl (C=O) groups excluding carboxylic acids is 1. The highest BCUT2D eigenvalue weighted by Gasteiger charge is 2.28. The molecule has 3 heterocycles. The van der Waals surface area contributed by atoms with Gasteiger partial charge in [0.1, 0.15) is 0 Å². The van der Waals surface area contributed by atoms with Crippen LogP contribution in [0.25, 0.3) is 17.1 Å². The fourth-order valence-electron chi connectivity index (χ4n) is 3.95. The molecule has 34 heavy (non-hydrogen) atoms. The van der Waals surface area contributed by atoms with Crippen LogP contribution in [0.5, 0.6) is 0 Å². The van der Waals surface area contributed by atoms with Crippen molar-refractivity contribution in [3.05, 3.63) is 78.6 Å². The van der Waals surface area contributed by atoms with Crippen LogP contribution in [0.4, 0.5) is 0 Å². The van der Waals surface area contributed by atoms with E-state index in [0.717, 1.165) is 18.5 Å². The van der Waals surface area contributed by atoms with Gasteiger partial charge in [0.05, 0.1) is 16.3 Å². The molecule has 5 rings (SSSR count). The Morgan fingerprint density at radius 2 is 1.76 bits per heavy atom. The predicted octanol–water partition coefficient (Wildman–Crippen LogP) is 4.02. The molecule has 1 fully saturated rings. The van der Waals surface area contributed by atoms with Crippen molar-refractivity contribution in [2.75, 3.05) is 18.8 Å². The van der Waals surface area contributed by atoms with E-state index in [1.54, 1.807) is 36.5 Å². The second kappa shape index (κ2) is 9.57. The van der Waals surface area contributed by atoms with Crippen LogP contribution in [0, 0.1) is 0 Å². The van der Waals surface area contributed by atoms with Crippen LogP contribution in [-0.2, 0) is 10.0 Å². The molecular weight excluding hydrogens is 470 g/mol. The fourth-order valence-corrected chi connectivity index (χ4v) is 6.34. The van der Waals surface area contributed by atoms with E-state index < -0.39 is 10.0 Å². The lowest BCUT2D eigenvalue weighted by Crippen LogP contribution is -2.27. The Morgan fingerprint density at radius 1 is 0.971 bits per heavy atom. The third kappa shape index (κ3) is 4.44. The summed E-state index contributed by atoms with van der Waals surface area (Å²) >= 11 is 1.29. The first-order chi connectivity index (χ1) is 16.5. The minimum atomic E-state index is -3.56. The van der Waals surface area contributed by atoms with Crippen molar-refractivity contribution in [3.8, 4) is 17.1 Å². The summed E-state index contributed by atoms with van der Waals surface area (Å²) in [6, 6.07) is 19.9. The summed E-state index contributed by atoms with van der Waals surface area (Å²) in [5.41, 5.74) is 2.00. The molecule has 0 saturated carbocycles. The normalized spacial score (nSPS) is 14.5. The second-order valence-electron chi connectivity index (χ2n) is 7.91. The van der Waals surface area contributed by atoms with E-state index in [1.807, 2.05) is 41.0 Å². The van der Waals surface area contributed by atoms with Crippen molar-refractivity contribution in [2.24, 2.45) is 0 Å². The quantitative estimate of drug-likeness (QED) is 0.294. The van der Waals surface area contributed by atoms with Gasteiger partial charge in [-0.1, -0.05) is 42.1 Å². The summed E-state index contributed by atoms with van der Waals surface area (Å²) in [4.78, 5) is 15.7. The second-order valence-corrected chi connectivity index (χ2v) is 10.8.